The van der Waals surface area contributed by atoms with Crippen molar-refractivity contribution < 1.29 is 0 Å². The Balaban J connectivity index is 2.62. The quantitative estimate of drug-likeness (QED) is 0.930. The highest BCUT2D eigenvalue weighted by Crippen LogP contribution is 2.35. The molecule has 4 heteroatoms. The van der Waals surface area contributed by atoms with Crippen LogP contribution in [0.2, 0.25) is 0 Å². The summed E-state index contributed by atoms with van der Waals surface area (Å²) in [6.07, 6.45) is 0.940. The Morgan fingerprint density at radius 2 is 2.05 bits per heavy atom. The maximum Gasteiger partial charge on any atom is 0.125 e. The molecule has 2 rings (SSSR count). The van der Waals surface area contributed by atoms with Crippen molar-refractivity contribution in [3.8, 4) is 11.3 Å². The summed E-state index contributed by atoms with van der Waals surface area (Å²) >= 11 is 3.66. The molecule has 0 aliphatic heterocycles. The zero-order valence-electron chi connectivity index (χ0n) is 11.9. The minimum absolute atomic E-state index is 0.550. The van der Waals surface area contributed by atoms with Gasteiger partial charge in [-0.05, 0) is 40.8 Å². The molecule has 2 aromatic rings. The molecule has 0 amide bonds. The van der Waals surface area contributed by atoms with Gasteiger partial charge in [-0.2, -0.15) is 5.10 Å². The zero-order chi connectivity index (χ0) is 14.2. The molecule has 0 radical (unpaired) electrons. The summed E-state index contributed by atoms with van der Waals surface area (Å²) < 4.78 is 2.86. The molecule has 0 bridgehead atoms. The van der Waals surface area contributed by atoms with Crippen molar-refractivity contribution >= 4 is 21.7 Å². The van der Waals surface area contributed by atoms with Gasteiger partial charge in [-0.15, -0.1) is 0 Å². The van der Waals surface area contributed by atoms with Crippen molar-refractivity contribution in [2.45, 2.75) is 27.2 Å². The Hall–Kier alpha value is -1.29. The minimum Gasteiger partial charge on any atom is -0.384 e. The largest absolute Gasteiger partial charge is 0.384 e. The molecule has 0 spiro atoms. The first-order valence-corrected chi connectivity index (χ1v) is 7.28. The highest BCUT2D eigenvalue weighted by Gasteiger charge is 2.18. The van der Waals surface area contributed by atoms with Gasteiger partial charge in [-0.25, -0.2) is 0 Å². The van der Waals surface area contributed by atoms with Crippen LogP contribution in [0.1, 0.15) is 25.0 Å². The number of nitrogens with zero attached hydrogens (tertiary/aromatic N) is 2. The number of nitrogen functional groups attached to an aromatic ring is 1. The lowest BCUT2D eigenvalue weighted by Crippen LogP contribution is -2.02. The zero-order valence-corrected chi connectivity index (χ0v) is 13.5. The number of nitrogens with two attached hydrogens (primary N) is 1. The van der Waals surface area contributed by atoms with E-state index < -0.39 is 0 Å². The lowest BCUT2D eigenvalue weighted by Gasteiger charge is -2.09. The number of anilines is 1. The molecule has 0 aliphatic rings. The summed E-state index contributed by atoms with van der Waals surface area (Å²) in [6.45, 7) is 6.48. The van der Waals surface area contributed by atoms with Gasteiger partial charge in [-0.3, -0.25) is 4.68 Å². The number of rotatable bonds is 3. The van der Waals surface area contributed by atoms with Crippen LogP contribution in [-0.4, -0.2) is 9.78 Å². The first-order valence-electron chi connectivity index (χ1n) is 6.48. The SMILES string of the molecule is Cc1cccc(-c2nn(C)c(N)c2CC(C)C)c1Br. The second kappa shape index (κ2) is 5.37. The second-order valence-electron chi connectivity index (χ2n) is 5.37. The summed E-state index contributed by atoms with van der Waals surface area (Å²) in [7, 11) is 1.90. The summed E-state index contributed by atoms with van der Waals surface area (Å²) in [5, 5.41) is 4.60. The molecule has 19 heavy (non-hydrogen) atoms. The number of benzene rings is 1. The molecular formula is C15H20BrN3. The van der Waals surface area contributed by atoms with Gasteiger partial charge < -0.3 is 5.73 Å². The summed E-state index contributed by atoms with van der Waals surface area (Å²) in [4.78, 5) is 0. The van der Waals surface area contributed by atoms with Gasteiger partial charge in [0.1, 0.15) is 5.82 Å². The number of hydrogen-bond acceptors (Lipinski definition) is 2. The molecule has 0 fully saturated rings. The van der Waals surface area contributed by atoms with Gasteiger partial charge in [0.05, 0.1) is 5.69 Å². The fourth-order valence-electron chi connectivity index (χ4n) is 2.24. The van der Waals surface area contributed by atoms with Crippen LogP contribution in [0.25, 0.3) is 11.3 Å². The van der Waals surface area contributed by atoms with E-state index in [0.717, 1.165) is 33.5 Å². The average Bonchev–Trinajstić information content (AvgIpc) is 2.60. The Kier molecular flexibility index (Phi) is 3.99. The van der Waals surface area contributed by atoms with E-state index >= 15 is 0 Å². The first-order chi connectivity index (χ1) is 8.91. The Bertz CT molecular complexity index is 600. The number of hydrogen-bond donors (Lipinski definition) is 1. The molecule has 0 unspecified atom stereocenters. The smallest absolute Gasteiger partial charge is 0.125 e. The normalized spacial score (nSPS) is 11.3. The second-order valence-corrected chi connectivity index (χ2v) is 6.16. The van der Waals surface area contributed by atoms with Crippen LogP contribution in [-0.2, 0) is 13.5 Å². The monoisotopic (exact) mass is 321 g/mol. The van der Waals surface area contributed by atoms with Crippen molar-refractivity contribution in [3.63, 3.8) is 0 Å². The Morgan fingerprint density at radius 3 is 2.68 bits per heavy atom. The van der Waals surface area contributed by atoms with Crippen molar-refractivity contribution in [2.24, 2.45) is 13.0 Å². The van der Waals surface area contributed by atoms with Crippen molar-refractivity contribution in [2.75, 3.05) is 5.73 Å². The standard InChI is InChI=1S/C15H20BrN3/c1-9(2)8-12-14(18-19(4)15(12)17)11-7-5-6-10(3)13(11)16/h5-7,9H,8,17H2,1-4H3. The van der Waals surface area contributed by atoms with Gasteiger partial charge >= 0.3 is 0 Å². The lowest BCUT2D eigenvalue weighted by atomic mass is 9.98. The number of aryl methyl sites for hydroxylation is 2. The van der Waals surface area contributed by atoms with Gasteiger partial charge in [0.25, 0.3) is 0 Å². The van der Waals surface area contributed by atoms with Crippen LogP contribution >= 0.6 is 15.9 Å². The highest BCUT2D eigenvalue weighted by molar-refractivity contribution is 9.10. The van der Waals surface area contributed by atoms with Gasteiger partial charge in [0.2, 0.25) is 0 Å². The summed E-state index contributed by atoms with van der Waals surface area (Å²) in [6, 6.07) is 6.23. The van der Waals surface area contributed by atoms with E-state index in [1.54, 1.807) is 4.68 Å². The van der Waals surface area contributed by atoms with Gasteiger partial charge in [0.15, 0.2) is 0 Å². The van der Waals surface area contributed by atoms with E-state index in [1.165, 1.54) is 5.56 Å². The molecule has 1 heterocycles. The van der Waals surface area contributed by atoms with Crippen LogP contribution < -0.4 is 5.73 Å². The highest BCUT2D eigenvalue weighted by atomic mass is 79.9. The first kappa shape index (κ1) is 14.1. The van der Waals surface area contributed by atoms with Crippen LogP contribution in [0, 0.1) is 12.8 Å². The maximum atomic E-state index is 6.16. The third kappa shape index (κ3) is 2.68. The fraction of sp³-hybridized carbons (Fsp3) is 0.400. The van der Waals surface area contributed by atoms with Crippen LogP contribution in [0.5, 0.6) is 0 Å². The third-order valence-corrected chi connectivity index (χ3v) is 4.31. The van der Waals surface area contributed by atoms with Crippen LogP contribution in [0.3, 0.4) is 0 Å². The van der Waals surface area contributed by atoms with Gasteiger partial charge in [0, 0.05) is 22.6 Å². The summed E-state index contributed by atoms with van der Waals surface area (Å²) in [5.41, 5.74) is 10.6. The number of halogens is 1. The van der Waals surface area contributed by atoms with Crippen molar-refractivity contribution in [1.82, 2.24) is 9.78 Å². The molecule has 1 aromatic carbocycles. The van der Waals surface area contributed by atoms with E-state index in [4.69, 9.17) is 5.73 Å². The molecule has 102 valence electrons. The topological polar surface area (TPSA) is 43.8 Å². The fourth-order valence-corrected chi connectivity index (χ4v) is 2.69. The van der Waals surface area contributed by atoms with E-state index in [9.17, 15) is 0 Å². The third-order valence-electron chi connectivity index (χ3n) is 3.25. The molecule has 0 saturated carbocycles. The molecule has 3 nitrogen and oxygen atoms in total. The molecule has 2 N–H and O–H groups in total. The molecular weight excluding hydrogens is 302 g/mol. The average molecular weight is 322 g/mol. The van der Waals surface area contributed by atoms with Crippen LogP contribution in [0.4, 0.5) is 5.82 Å². The minimum atomic E-state index is 0.550. The molecule has 0 atom stereocenters. The van der Waals surface area contributed by atoms with E-state index in [1.807, 2.05) is 7.05 Å². The van der Waals surface area contributed by atoms with E-state index in [0.29, 0.717) is 5.92 Å². The molecule has 1 aromatic heterocycles. The van der Waals surface area contributed by atoms with Gasteiger partial charge in [-0.1, -0.05) is 32.0 Å². The van der Waals surface area contributed by atoms with Crippen LogP contribution in [0.15, 0.2) is 22.7 Å². The Morgan fingerprint density at radius 1 is 1.37 bits per heavy atom. The van der Waals surface area contributed by atoms with Crippen molar-refractivity contribution in [1.29, 1.82) is 0 Å². The molecule has 0 saturated heterocycles. The Labute approximate surface area is 122 Å². The van der Waals surface area contributed by atoms with E-state index in [-0.39, 0.29) is 0 Å². The van der Waals surface area contributed by atoms with Crippen molar-refractivity contribution in [3.05, 3.63) is 33.8 Å². The van der Waals surface area contributed by atoms with E-state index in [2.05, 4.69) is 60.0 Å². The predicted molar refractivity (Wildman–Crippen MR) is 84.0 cm³/mol. The summed E-state index contributed by atoms with van der Waals surface area (Å²) in [5.74, 6) is 1.31. The predicted octanol–water partition coefficient (Wildman–Crippen LogP) is 3.94. The lowest BCUT2D eigenvalue weighted by molar-refractivity contribution is 0.648. The molecule has 0 aliphatic carbocycles. The number of aromatic nitrogens is 2. The maximum absolute atomic E-state index is 6.16.